The van der Waals surface area contributed by atoms with Gasteiger partial charge in [0.05, 0.1) is 12.7 Å². The molecule has 3 nitrogen and oxygen atoms in total. The van der Waals surface area contributed by atoms with Gasteiger partial charge in [-0.05, 0) is 64.6 Å². The molecule has 2 rings (SSSR count). The summed E-state index contributed by atoms with van der Waals surface area (Å²) in [5.74, 6) is 0.472. The molecule has 0 N–H and O–H groups in total. The molecule has 2 aromatic carbocycles. The van der Waals surface area contributed by atoms with Crippen molar-refractivity contribution >= 4 is 28.6 Å². The van der Waals surface area contributed by atoms with Gasteiger partial charge in [0.1, 0.15) is 12.4 Å². The second kappa shape index (κ2) is 6.56. The van der Waals surface area contributed by atoms with E-state index in [1.807, 2.05) is 36.4 Å². The number of esters is 1. The zero-order chi connectivity index (χ0) is 13.7. The molecule has 0 saturated heterocycles. The smallest absolute Gasteiger partial charge is 0.338 e. The van der Waals surface area contributed by atoms with E-state index in [1.54, 1.807) is 19.2 Å². The fraction of sp³-hybridized carbons (Fsp3) is 0.133. The third-order valence-electron chi connectivity index (χ3n) is 2.61. The van der Waals surface area contributed by atoms with Crippen LogP contribution in [0.1, 0.15) is 15.9 Å². The van der Waals surface area contributed by atoms with Crippen molar-refractivity contribution in [3.05, 3.63) is 63.2 Å². The summed E-state index contributed by atoms with van der Waals surface area (Å²) in [7, 11) is 1.62. The van der Waals surface area contributed by atoms with E-state index in [-0.39, 0.29) is 12.6 Å². The number of ether oxygens (including phenoxy) is 2. The lowest BCUT2D eigenvalue weighted by molar-refractivity contribution is 0.0472. The van der Waals surface area contributed by atoms with Crippen molar-refractivity contribution in [3.63, 3.8) is 0 Å². The van der Waals surface area contributed by atoms with Gasteiger partial charge in [0.15, 0.2) is 0 Å². The molecule has 0 saturated carbocycles. The summed E-state index contributed by atoms with van der Waals surface area (Å²) in [6.07, 6.45) is 0. The third-order valence-corrected chi connectivity index (χ3v) is 3.33. The van der Waals surface area contributed by atoms with E-state index in [9.17, 15) is 4.79 Å². The Hall–Kier alpha value is -1.56. The lowest BCUT2D eigenvalue weighted by atomic mass is 10.2. The Bertz CT molecular complexity index is 547. The van der Waals surface area contributed by atoms with Crippen LogP contribution in [0.5, 0.6) is 5.75 Å². The summed E-state index contributed by atoms with van der Waals surface area (Å²) >= 11 is 2.19. The highest BCUT2D eigenvalue weighted by Gasteiger charge is 2.06. The lowest BCUT2D eigenvalue weighted by Gasteiger charge is -2.06. The Morgan fingerprint density at radius 3 is 2.26 bits per heavy atom. The lowest BCUT2D eigenvalue weighted by Crippen LogP contribution is -2.05. The summed E-state index contributed by atoms with van der Waals surface area (Å²) in [5.41, 5.74) is 1.49. The van der Waals surface area contributed by atoms with Gasteiger partial charge in [0.2, 0.25) is 0 Å². The molecular formula is C15H13IO3. The average Bonchev–Trinajstić information content (AvgIpc) is 2.46. The minimum atomic E-state index is -0.313. The van der Waals surface area contributed by atoms with E-state index in [4.69, 9.17) is 9.47 Å². The predicted molar refractivity (Wildman–Crippen MR) is 81.3 cm³/mol. The van der Waals surface area contributed by atoms with Crippen molar-refractivity contribution in [2.45, 2.75) is 6.61 Å². The van der Waals surface area contributed by atoms with Crippen LogP contribution in [0, 0.1) is 3.57 Å². The first-order valence-electron chi connectivity index (χ1n) is 5.74. The number of benzene rings is 2. The molecule has 4 heteroatoms. The van der Waals surface area contributed by atoms with E-state index in [0.29, 0.717) is 5.56 Å². The summed E-state index contributed by atoms with van der Waals surface area (Å²) in [4.78, 5) is 11.8. The Balaban J connectivity index is 1.94. The fourth-order valence-corrected chi connectivity index (χ4v) is 1.90. The molecule has 2 aromatic rings. The van der Waals surface area contributed by atoms with Crippen LogP contribution in [0.25, 0.3) is 0 Å². The molecule has 0 amide bonds. The second-order valence-corrected chi connectivity index (χ2v) is 5.18. The molecule has 0 atom stereocenters. The molecular weight excluding hydrogens is 355 g/mol. The molecule has 0 aromatic heterocycles. The molecule has 0 radical (unpaired) electrons. The maximum Gasteiger partial charge on any atom is 0.338 e. The Morgan fingerprint density at radius 2 is 1.68 bits per heavy atom. The SMILES string of the molecule is COc1ccc(COC(=O)c2ccc(I)cc2)cc1. The van der Waals surface area contributed by atoms with E-state index in [0.717, 1.165) is 14.9 Å². The highest BCUT2D eigenvalue weighted by molar-refractivity contribution is 14.1. The summed E-state index contributed by atoms with van der Waals surface area (Å²) < 4.78 is 11.4. The van der Waals surface area contributed by atoms with E-state index >= 15 is 0 Å². The summed E-state index contributed by atoms with van der Waals surface area (Å²) in [5, 5.41) is 0. The van der Waals surface area contributed by atoms with Crippen LogP contribution in [0.4, 0.5) is 0 Å². The monoisotopic (exact) mass is 368 g/mol. The summed E-state index contributed by atoms with van der Waals surface area (Å²) in [6, 6.07) is 14.7. The van der Waals surface area contributed by atoms with Crippen LogP contribution in [-0.4, -0.2) is 13.1 Å². The molecule has 0 unspecified atom stereocenters. The summed E-state index contributed by atoms with van der Waals surface area (Å²) in [6.45, 7) is 0.259. The third kappa shape index (κ3) is 3.96. The normalized spacial score (nSPS) is 10.0. The molecule has 0 aliphatic carbocycles. The first-order chi connectivity index (χ1) is 9.19. The topological polar surface area (TPSA) is 35.5 Å². The van der Waals surface area contributed by atoms with Crippen LogP contribution >= 0.6 is 22.6 Å². The van der Waals surface area contributed by atoms with Gasteiger partial charge < -0.3 is 9.47 Å². The Labute approximate surface area is 125 Å². The van der Waals surface area contributed by atoms with E-state index in [1.165, 1.54) is 0 Å². The molecule has 0 aliphatic rings. The van der Waals surface area contributed by atoms with Crippen molar-refractivity contribution in [2.75, 3.05) is 7.11 Å². The quantitative estimate of drug-likeness (QED) is 0.611. The predicted octanol–water partition coefficient (Wildman–Crippen LogP) is 3.66. The number of rotatable bonds is 4. The van der Waals surface area contributed by atoms with Gasteiger partial charge in [-0.25, -0.2) is 4.79 Å². The first-order valence-corrected chi connectivity index (χ1v) is 6.82. The van der Waals surface area contributed by atoms with Crippen molar-refractivity contribution in [1.29, 1.82) is 0 Å². The number of carbonyl (C=O) groups excluding carboxylic acids is 1. The van der Waals surface area contributed by atoms with Gasteiger partial charge >= 0.3 is 5.97 Å². The van der Waals surface area contributed by atoms with Crippen molar-refractivity contribution < 1.29 is 14.3 Å². The van der Waals surface area contributed by atoms with Gasteiger partial charge in [-0.15, -0.1) is 0 Å². The van der Waals surface area contributed by atoms with Crippen molar-refractivity contribution in [3.8, 4) is 5.75 Å². The Morgan fingerprint density at radius 1 is 1.05 bits per heavy atom. The average molecular weight is 368 g/mol. The molecule has 0 aliphatic heterocycles. The highest BCUT2D eigenvalue weighted by atomic mass is 127. The molecule has 98 valence electrons. The van der Waals surface area contributed by atoms with Gasteiger partial charge in [-0.1, -0.05) is 12.1 Å². The van der Waals surface area contributed by atoms with E-state index in [2.05, 4.69) is 22.6 Å². The number of methoxy groups -OCH3 is 1. The van der Waals surface area contributed by atoms with Crippen LogP contribution in [0.3, 0.4) is 0 Å². The molecule has 0 fully saturated rings. The number of carbonyl (C=O) groups is 1. The number of hydrogen-bond acceptors (Lipinski definition) is 3. The largest absolute Gasteiger partial charge is 0.497 e. The van der Waals surface area contributed by atoms with Crippen molar-refractivity contribution in [1.82, 2.24) is 0 Å². The van der Waals surface area contributed by atoms with Crippen LogP contribution < -0.4 is 4.74 Å². The molecule has 0 spiro atoms. The van der Waals surface area contributed by atoms with E-state index < -0.39 is 0 Å². The second-order valence-electron chi connectivity index (χ2n) is 3.93. The van der Waals surface area contributed by atoms with Crippen LogP contribution in [0.2, 0.25) is 0 Å². The molecule has 0 bridgehead atoms. The molecule has 19 heavy (non-hydrogen) atoms. The minimum absolute atomic E-state index is 0.259. The fourth-order valence-electron chi connectivity index (χ4n) is 1.54. The zero-order valence-corrected chi connectivity index (χ0v) is 12.6. The van der Waals surface area contributed by atoms with Gasteiger partial charge in [-0.3, -0.25) is 0 Å². The minimum Gasteiger partial charge on any atom is -0.497 e. The van der Waals surface area contributed by atoms with Gasteiger partial charge in [0.25, 0.3) is 0 Å². The number of halogens is 1. The zero-order valence-electron chi connectivity index (χ0n) is 10.4. The Kier molecular flexibility index (Phi) is 4.79. The van der Waals surface area contributed by atoms with Crippen LogP contribution in [-0.2, 0) is 11.3 Å². The van der Waals surface area contributed by atoms with Gasteiger partial charge in [-0.2, -0.15) is 0 Å². The highest BCUT2D eigenvalue weighted by Crippen LogP contribution is 2.13. The van der Waals surface area contributed by atoms with Gasteiger partial charge in [0, 0.05) is 3.57 Å². The maximum absolute atomic E-state index is 11.8. The first kappa shape index (κ1) is 13.9. The van der Waals surface area contributed by atoms with Crippen LogP contribution in [0.15, 0.2) is 48.5 Å². The maximum atomic E-state index is 11.8. The molecule has 0 heterocycles. The standard InChI is InChI=1S/C15H13IO3/c1-18-14-8-2-11(3-9-14)10-19-15(17)12-4-6-13(16)7-5-12/h2-9H,10H2,1H3. The van der Waals surface area contributed by atoms with Crippen molar-refractivity contribution in [2.24, 2.45) is 0 Å². The number of hydrogen-bond donors (Lipinski definition) is 0.